The van der Waals surface area contributed by atoms with Crippen molar-refractivity contribution in [3.63, 3.8) is 0 Å². The molecule has 2 heterocycles. The number of allylic oxidation sites excluding steroid dienone is 1. The molecule has 0 aliphatic carbocycles. The number of fused-ring (bicyclic) bond motifs is 1. The number of carbonyl (C=O) groups excluding carboxylic acids is 1. The number of benzene rings is 2. The van der Waals surface area contributed by atoms with Crippen LogP contribution in [0.3, 0.4) is 0 Å². The van der Waals surface area contributed by atoms with Crippen LogP contribution in [0.15, 0.2) is 48.2 Å². The molecule has 0 spiro atoms. The number of anilines is 1. The summed E-state index contributed by atoms with van der Waals surface area (Å²) in [6.07, 6.45) is 1.90. The SMILES string of the molecule is COc1cc(/C=C2\Nc3ccccc3C2=N)ccc1OCC(=O)N1CCNCC1. The zero-order chi connectivity index (χ0) is 20.2. The maximum atomic E-state index is 12.3. The molecule has 0 atom stereocenters. The summed E-state index contributed by atoms with van der Waals surface area (Å²) >= 11 is 0. The van der Waals surface area contributed by atoms with E-state index in [-0.39, 0.29) is 12.5 Å². The van der Waals surface area contributed by atoms with Gasteiger partial charge in [-0.15, -0.1) is 0 Å². The van der Waals surface area contributed by atoms with Crippen molar-refractivity contribution in [2.24, 2.45) is 0 Å². The molecule has 2 aromatic carbocycles. The summed E-state index contributed by atoms with van der Waals surface area (Å²) in [4.78, 5) is 14.1. The van der Waals surface area contributed by atoms with E-state index in [0.717, 1.165) is 35.6 Å². The van der Waals surface area contributed by atoms with Crippen LogP contribution in [0.2, 0.25) is 0 Å². The van der Waals surface area contributed by atoms with Gasteiger partial charge in [0.15, 0.2) is 18.1 Å². The molecular formula is C22H24N4O3. The number of methoxy groups -OCH3 is 1. The Morgan fingerprint density at radius 2 is 1.97 bits per heavy atom. The smallest absolute Gasteiger partial charge is 0.260 e. The van der Waals surface area contributed by atoms with Crippen LogP contribution in [0.5, 0.6) is 11.5 Å². The summed E-state index contributed by atoms with van der Waals surface area (Å²) in [5.41, 5.74) is 3.89. The summed E-state index contributed by atoms with van der Waals surface area (Å²) in [5, 5.41) is 14.9. The Bertz CT molecular complexity index is 964. The van der Waals surface area contributed by atoms with E-state index in [9.17, 15) is 4.79 Å². The van der Waals surface area contributed by atoms with Crippen molar-refractivity contribution in [2.75, 3.05) is 45.2 Å². The van der Waals surface area contributed by atoms with Crippen LogP contribution in [0, 0.1) is 5.41 Å². The Morgan fingerprint density at radius 1 is 1.17 bits per heavy atom. The number of piperazine rings is 1. The van der Waals surface area contributed by atoms with Crippen molar-refractivity contribution < 1.29 is 14.3 Å². The molecule has 7 nitrogen and oxygen atoms in total. The molecule has 1 amide bonds. The van der Waals surface area contributed by atoms with Gasteiger partial charge in [-0.2, -0.15) is 0 Å². The van der Waals surface area contributed by atoms with Crippen molar-refractivity contribution in [3.05, 3.63) is 59.3 Å². The summed E-state index contributed by atoms with van der Waals surface area (Å²) in [7, 11) is 1.57. The second-order valence-electron chi connectivity index (χ2n) is 6.93. The summed E-state index contributed by atoms with van der Waals surface area (Å²) < 4.78 is 11.2. The van der Waals surface area contributed by atoms with Gasteiger partial charge in [-0.05, 0) is 29.8 Å². The molecule has 0 aromatic heterocycles. The van der Waals surface area contributed by atoms with E-state index in [1.165, 1.54) is 0 Å². The van der Waals surface area contributed by atoms with Gasteiger partial charge in [0, 0.05) is 37.4 Å². The largest absolute Gasteiger partial charge is 0.493 e. The maximum absolute atomic E-state index is 12.3. The van der Waals surface area contributed by atoms with Gasteiger partial charge >= 0.3 is 0 Å². The van der Waals surface area contributed by atoms with Gasteiger partial charge in [-0.25, -0.2) is 0 Å². The van der Waals surface area contributed by atoms with Crippen LogP contribution in [0.4, 0.5) is 5.69 Å². The van der Waals surface area contributed by atoms with Crippen LogP contribution in [-0.4, -0.2) is 56.4 Å². The van der Waals surface area contributed by atoms with Gasteiger partial charge < -0.3 is 25.0 Å². The Labute approximate surface area is 169 Å². The van der Waals surface area contributed by atoms with E-state index in [2.05, 4.69) is 10.6 Å². The fourth-order valence-corrected chi connectivity index (χ4v) is 3.48. The zero-order valence-corrected chi connectivity index (χ0v) is 16.3. The lowest BCUT2D eigenvalue weighted by molar-refractivity contribution is -0.133. The maximum Gasteiger partial charge on any atom is 0.260 e. The molecule has 0 saturated carbocycles. The monoisotopic (exact) mass is 392 g/mol. The molecule has 0 unspecified atom stereocenters. The highest BCUT2D eigenvalue weighted by Gasteiger charge is 2.21. The standard InChI is InChI=1S/C22H24N4O3/c1-28-20-13-15(12-18-22(23)16-4-2-3-5-17(16)25-18)6-7-19(20)29-14-21(27)26-10-8-24-9-11-26/h2-7,12-13,23-25H,8-11,14H2,1H3/b18-12-,23-22?. The molecule has 3 N–H and O–H groups in total. The Morgan fingerprint density at radius 3 is 2.72 bits per heavy atom. The third-order valence-electron chi connectivity index (χ3n) is 5.05. The lowest BCUT2D eigenvalue weighted by Crippen LogP contribution is -2.47. The van der Waals surface area contributed by atoms with Crippen LogP contribution >= 0.6 is 0 Å². The fourth-order valence-electron chi connectivity index (χ4n) is 3.48. The van der Waals surface area contributed by atoms with E-state index >= 15 is 0 Å². The molecule has 29 heavy (non-hydrogen) atoms. The minimum Gasteiger partial charge on any atom is -0.493 e. The predicted molar refractivity (Wildman–Crippen MR) is 113 cm³/mol. The first kappa shape index (κ1) is 19.0. The first-order chi connectivity index (χ1) is 14.2. The van der Waals surface area contributed by atoms with Crippen LogP contribution in [0.1, 0.15) is 11.1 Å². The average Bonchev–Trinajstić information content (AvgIpc) is 3.08. The Kier molecular flexibility index (Phi) is 5.48. The molecule has 2 aromatic rings. The van der Waals surface area contributed by atoms with Gasteiger partial charge in [0.2, 0.25) is 0 Å². The van der Waals surface area contributed by atoms with Crippen molar-refractivity contribution in [1.82, 2.24) is 10.2 Å². The highest BCUT2D eigenvalue weighted by Crippen LogP contribution is 2.32. The number of hydrogen-bond acceptors (Lipinski definition) is 6. The van der Waals surface area contributed by atoms with E-state index in [4.69, 9.17) is 14.9 Å². The van der Waals surface area contributed by atoms with E-state index in [0.29, 0.717) is 30.3 Å². The molecular weight excluding hydrogens is 368 g/mol. The predicted octanol–water partition coefficient (Wildman–Crippen LogP) is 2.34. The topological polar surface area (TPSA) is 86.7 Å². The molecule has 0 bridgehead atoms. The molecule has 7 heteroatoms. The minimum absolute atomic E-state index is 0.0156. The number of nitrogens with zero attached hydrogens (tertiary/aromatic N) is 1. The number of nitrogens with one attached hydrogen (secondary N) is 3. The van der Waals surface area contributed by atoms with E-state index < -0.39 is 0 Å². The molecule has 0 radical (unpaired) electrons. The number of rotatable bonds is 5. The van der Waals surface area contributed by atoms with Crippen LogP contribution in [-0.2, 0) is 4.79 Å². The van der Waals surface area contributed by atoms with Gasteiger partial charge in [0.05, 0.1) is 18.5 Å². The van der Waals surface area contributed by atoms with Crippen molar-refractivity contribution in [2.45, 2.75) is 0 Å². The first-order valence-electron chi connectivity index (χ1n) is 9.62. The lowest BCUT2D eigenvalue weighted by atomic mass is 10.1. The Balaban J connectivity index is 1.46. The fraction of sp³-hybridized carbons (Fsp3) is 0.273. The molecule has 1 fully saturated rings. The van der Waals surface area contributed by atoms with Crippen molar-refractivity contribution in [3.8, 4) is 11.5 Å². The van der Waals surface area contributed by atoms with Crippen LogP contribution in [0.25, 0.3) is 6.08 Å². The minimum atomic E-state index is -0.0267. The highest BCUT2D eigenvalue weighted by atomic mass is 16.5. The molecule has 4 rings (SSSR count). The molecule has 2 aliphatic heterocycles. The van der Waals surface area contributed by atoms with Gasteiger partial charge in [-0.3, -0.25) is 10.2 Å². The van der Waals surface area contributed by atoms with E-state index in [1.807, 2.05) is 42.5 Å². The molecule has 1 saturated heterocycles. The van der Waals surface area contributed by atoms with Crippen LogP contribution < -0.4 is 20.1 Å². The van der Waals surface area contributed by atoms with Gasteiger partial charge in [0.25, 0.3) is 5.91 Å². The molecule has 2 aliphatic rings. The second kappa shape index (κ2) is 8.36. The lowest BCUT2D eigenvalue weighted by Gasteiger charge is -2.27. The van der Waals surface area contributed by atoms with E-state index in [1.54, 1.807) is 18.1 Å². The quantitative estimate of drug-likeness (QED) is 0.727. The first-order valence-corrected chi connectivity index (χ1v) is 9.62. The third kappa shape index (κ3) is 4.09. The third-order valence-corrected chi connectivity index (χ3v) is 5.05. The zero-order valence-electron chi connectivity index (χ0n) is 16.3. The van der Waals surface area contributed by atoms with Crippen molar-refractivity contribution in [1.29, 1.82) is 5.41 Å². The summed E-state index contributed by atoms with van der Waals surface area (Å²) in [6.45, 7) is 3.01. The van der Waals surface area contributed by atoms with Crippen molar-refractivity contribution >= 4 is 23.4 Å². The highest BCUT2D eigenvalue weighted by molar-refractivity contribution is 6.21. The second-order valence-corrected chi connectivity index (χ2v) is 6.93. The Hall–Kier alpha value is -3.32. The number of carbonyl (C=O) groups is 1. The number of ether oxygens (including phenoxy) is 2. The number of para-hydroxylation sites is 1. The number of amides is 1. The average molecular weight is 392 g/mol. The summed E-state index contributed by atoms with van der Waals surface area (Å²) in [5.74, 6) is 1.05. The van der Waals surface area contributed by atoms with Gasteiger partial charge in [-0.1, -0.05) is 24.3 Å². The summed E-state index contributed by atoms with van der Waals surface area (Å²) in [6, 6.07) is 13.3. The van der Waals surface area contributed by atoms with Gasteiger partial charge in [0.1, 0.15) is 0 Å². The molecule has 150 valence electrons. The number of hydrogen-bond donors (Lipinski definition) is 3. The normalized spacial score (nSPS) is 17.1.